The third-order valence-corrected chi connectivity index (χ3v) is 2.67. The van der Waals surface area contributed by atoms with E-state index in [1.165, 1.54) is 11.8 Å². The Hall–Kier alpha value is -0.880. The van der Waals surface area contributed by atoms with Crippen LogP contribution in [-0.2, 0) is 0 Å². The second-order valence-electron chi connectivity index (χ2n) is 3.17. The van der Waals surface area contributed by atoms with Crippen molar-refractivity contribution < 1.29 is 18.3 Å². The minimum absolute atomic E-state index is 0.540. The first kappa shape index (κ1) is 13.2. The molecule has 0 bridgehead atoms. The van der Waals surface area contributed by atoms with Crippen LogP contribution in [0.1, 0.15) is 0 Å². The Kier molecular flexibility index (Phi) is 4.49. The Morgan fingerprint density at radius 2 is 2.12 bits per heavy atom. The van der Waals surface area contributed by atoms with Crippen LogP contribution in [0.2, 0.25) is 0 Å². The first-order valence-corrected chi connectivity index (χ1v) is 5.78. The van der Waals surface area contributed by atoms with E-state index in [0.717, 1.165) is 4.90 Å². The van der Waals surface area contributed by atoms with Crippen molar-refractivity contribution in [2.45, 2.75) is 17.2 Å². The molecule has 1 rings (SSSR count). The highest BCUT2D eigenvalue weighted by molar-refractivity contribution is 7.98. The molecule has 0 spiro atoms. The maximum atomic E-state index is 12.0. The molecule has 90 valence electrons. The second kappa shape index (κ2) is 5.45. The van der Waals surface area contributed by atoms with Gasteiger partial charge in [-0.1, -0.05) is 6.07 Å². The normalized spacial score (nSPS) is 13.6. The zero-order chi connectivity index (χ0) is 12.2. The van der Waals surface area contributed by atoms with E-state index in [0.29, 0.717) is 5.69 Å². The number of rotatable bonds is 4. The molecule has 0 saturated carbocycles. The largest absolute Gasteiger partial charge is 0.416 e. The summed E-state index contributed by atoms with van der Waals surface area (Å²) < 4.78 is 36.0. The number of aliphatic hydroxyl groups is 1. The van der Waals surface area contributed by atoms with E-state index >= 15 is 0 Å². The summed E-state index contributed by atoms with van der Waals surface area (Å²) in [5.74, 6) is 0. The Labute approximate surface area is 95.9 Å². The fourth-order valence-electron chi connectivity index (χ4n) is 1.06. The van der Waals surface area contributed by atoms with Gasteiger partial charge in [0.25, 0.3) is 0 Å². The molecule has 0 aromatic heterocycles. The van der Waals surface area contributed by atoms with Crippen molar-refractivity contribution in [3.8, 4) is 0 Å². The SMILES string of the molecule is CSc1cccc(NCC(O)C(F)(F)F)c1. The molecule has 0 aliphatic rings. The molecule has 0 heterocycles. The summed E-state index contributed by atoms with van der Waals surface area (Å²) in [6, 6.07) is 6.99. The number of hydrogen-bond donors (Lipinski definition) is 2. The highest BCUT2D eigenvalue weighted by Gasteiger charge is 2.37. The van der Waals surface area contributed by atoms with Gasteiger partial charge in [-0.3, -0.25) is 0 Å². The minimum atomic E-state index is -4.58. The van der Waals surface area contributed by atoms with Gasteiger partial charge in [-0.2, -0.15) is 13.2 Å². The highest BCUT2D eigenvalue weighted by Crippen LogP contribution is 2.22. The van der Waals surface area contributed by atoms with Gasteiger partial charge < -0.3 is 10.4 Å². The Morgan fingerprint density at radius 3 is 2.69 bits per heavy atom. The third-order valence-electron chi connectivity index (χ3n) is 1.95. The van der Waals surface area contributed by atoms with E-state index in [1.807, 2.05) is 12.3 Å². The van der Waals surface area contributed by atoms with Crippen LogP contribution in [-0.4, -0.2) is 30.2 Å². The van der Waals surface area contributed by atoms with Crippen LogP contribution in [0, 0.1) is 0 Å². The summed E-state index contributed by atoms with van der Waals surface area (Å²) in [4.78, 5) is 0.950. The van der Waals surface area contributed by atoms with Crippen LogP contribution in [0.3, 0.4) is 0 Å². The first-order valence-electron chi connectivity index (χ1n) is 4.56. The standard InChI is InChI=1S/C10H12F3NOS/c1-16-8-4-2-3-7(5-8)14-6-9(15)10(11,12)13/h2-5,9,14-15H,6H2,1H3. The molecule has 0 amide bonds. The molecule has 2 nitrogen and oxygen atoms in total. The molecule has 0 saturated heterocycles. The minimum Gasteiger partial charge on any atom is -0.382 e. The van der Waals surface area contributed by atoms with E-state index < -0.39 is 18.8 Å². The first-order chi connectivity index (χ1) is 7.43. The number of alkyl halides is 3. The topological polar surface area (TPSA) is 32.3 Å². The lowest BCUT2D eigenvalue weighted by molar-refractivity contribution is -0.198. The van der Waals surface area contributed by atoms with E-state index in [9.17, 15) is 13.2 Å². The fourth-order valence-corrected chi connectivity index (χ4v) is 1.52. The number of nitrogens with one attached hydrogen (secondary N) is 1. The number of thioether (sulfide) groups is 1. The molecule has 2 N–H and O–H groups in total. The number of anilines is 1. The van der Waals surface area contributed by atoms with Crippen LogP contribution < -0.4 is 5.32 Å². The molecule has 1 unspecified atom stereocenters. The van der Waals surface area contributed by atoms with Crippen LogP contribution in [0.25, 0.3) is 0 Å². The van der Waals surface area contributed by atoms with Gasteiger partial charge in [0.05, 0.1) is 0 Å². The van der Waals surface area contributed by atoms with Crippen LogP contribution in [0.4, 0.5) is 18.9 Å². The summed E-state index contributed by atoms with van der Waals surface area (Å²) in [5.41, 5.74) is 0.565. The van der Waals surface area contributed by atoms with Crippen molar-refractivity contribution in [3.63, 3.8) is 0 Å². The third kappa shape index (κ3) is 3.94. The maximum Gasteiger partial charge on any atom is 0.416 e. The smallest absolute Gasteiger partial charge is 0.382 e. The number of benzene rings is 1. The van der Waals surface area contributed by atoms with Crippen molar-refractivity contribution in [2.24, 2.45) is 0 Å². The van der Waals surface area contributed by atoms with Gasteiger partial charge >= 0.3 is 6.18 Å². The molecule has 0 aliphatic heterocycles. The van der Waals surface area contributed by atoms with E-state index in [-0.39, 0.29) is 0 Å². The molecular formula is C10H12F3NOS. The van der Waals surface area contributed by atoms with Gasteiger partial charge in [0.1, 0.15) is 0 Å². The molecule has 1 atom stereocenters. The van der Waals surface area contributed by atoms with E-state index in [2.05, 4.69) is 5.32 Å². The van der Waals surface area contributed by atoms with Gasteiger partial charge in [-0.25, -0.2) is 0 Å². The van der Waals surface area contributed by atoms with Crippen molar-refractivity contribution in [1.29, 1.82) is 0 Å². The molecule has 0 aliphatic carbocycles. The summed E-state index contributed by atoms with van der Waals surface area (Å²) in [5, 5.41) is 11.3. The van der Waals surface area contributed by atoms with Crippen LogP contribution in [0.5, 0.6) is 0 Å². The predicted molar refractivity (Wildman–Crippen MR) is 58.8 cm³/mol. The second-order valence-corrected chi connectivity index (χ2v) is 4.05. The Morgan fingerprint density at radius 1 is 1.44 bits per heavy atom. The van der Waals surface area contributed by atoms with Crippen LogP contribution >= 0.6 is 11.8 Å². The Bertz CT molecular complexity index is 343. The van der Waals surface area contributed by atoms with Gasteiger partial charge in [-0.05, 0) is 24.5 Å². The monoisotopic (exact) mass is 251 g/mol. The van der Waals surface area contributed by atoms with Crippen molar-refractivity contribution in [3.05, 3.63) is 24.3 Å². The fraction of sp³-hybridized carbons (Fsp3) is 0.400. The zero-order valence-electron chi connectivity index (χ0n) is 8.58. The predicted octanol–water partition coefficient (Wildman–Crippen LogP) is 2.74. The molecule has 0 fully saturated rings. The maximum absolute atomic E-state index is 12.0. The highest BCUT2D eigenvalue weighted by atomic mass is 32.2. The van der Waals surface area contributed by atoms with Gasteiger partial charge in [-0.15, -0.1) is 11.8 Å². The average molecular weight is 251 g/mol. The lowest BCUT2D eigenvalue weighted by Gasteiger charge is -2.15. The summed E-state index contributed by atoms with van der Waals surface area (Å²) in [6.45, 7) is -0.540. The molecule has 16 heavy (non-hydrogen) atoms. The van der Waals surface area contributed by atoms with Crippen LogP contribution in [0.15, 0.2) is 29.2 Å². The van der Waals surface area contributed by atoms with E-state index in [4.69, 9.17) is 5.11 Å². The molecule has 1 aromatic rings. The number of hydrogen-bond acceptors (Lipinski definition) is 3. The lowest BCUT2D eigenvalue weighted by Crippen LogP contribution is -2.34. The molecule has 0 radical (unpaired) electrons. The number of aliphatic hydroxyl groups excluding tert-OH is 1. The van der Waals surface area contributed by atoms with Crippen molar-refractivity contribution in [2.75, 3.05) is 18.1 Å². The molecule has 6 heteroatoms. The van der Waals surface area contributed by atoms with Crippen molar-refractivity contribution in [1.82, 2.24) is 0 Å². The summed E-state index contributed by atoms with van der Waals surface area (Å²) in [7, 11) is 0. The van der Waals surface area contributed by atoms with Gasteiger partial charge in [0.15, 0.2) is 6.10 Å². The average Bonchev–Trinajstić information content (AvgIpc) is 2.25. The van der Waals surface area contributed by atoms with Crippen molar-refractivity contribution >= 4 is 17.4 Å². The lowest BCUT2D eigenvalue weighted by atomic mass is 10.3. The van der Waals surface area contributed by atoms with Gasteiger partial charge in [0.2, 0.25) is 0 Å². The van der Waals surface area contributed by atoms with E-state index in [1.54, 1.807) is 18.2 Å². The Balaban J connectivity index is 2.54. The molecular weight excluding hydrogens is 239 g/mol. The summed E-state index contributed by atoms with van der Waals surface area (Å²) in [6.07, 6.45) is -5.04. The summed E-state index contributed by atoms with van der Waals surface area (Å²) >= 11 is 1.50. The quantitative estimate of drug-likeness (QED) is 0.807. The molecule has 1 aromatic carbocycles. The van der Waals surface area contributed by atoms with Gasteiger partial charge in [0, 0.05) is 17.1 Å². The zero-order valence-corrected chi connectivity index (χ0v) is 9.40. The number of halogens is 3.